The lowest BCUT2D eigenvalue weighted by Gasteiger charge is -2.29. The second kappa shape index (κ2) is 16.4. The van der Waals surface area contributed by atoms with Crippen LogP contribution < -0.4 is 4.90 Å². The summed E-state index contributed by atoms with van der Waals surface area (Å²) in [5, 5.41) is 0.546. The molecule has 0 aromatic heterocycles. The summed E-state index contributed by atoms with van der Waals surface area (Å²) in [4.78, 5) is 42.6. The highest BCUT2D eigenvalue weighted by atomic mass is 32.2. The SMILES string of the molecule is CCCC1CC=C(/C=C/C=C/C=C2/N(CCCCCC(=O)ON3C(=O)CCC3=O)c3ccc(S(=O)(=O)O)cc3C2(C)C)C(C)(C)c2cc(S(=O)(=O)O)ccc21. The number of carbonyl (C=O) groups is 3. The summed E-state index contributed by atoms with van der Waals surface area (Å²) < 4.78 is 67.9. The van der Waals surface area contributed by atoms with E-state index in [1.165, 1.54) is 18.2 Å². The van der Waals surface area contributed by atoms with Crippen molar-refractivity contribution in [2.75, 3.05) is 11.4 Å². The summed E-state index contributed by atoms with van der Waals surface area (Å²) in [6, 6.07) is 9.45. The quantitative estimate of drug-likeness (QED) is 0.0832. The van der Waals surface area contributed by atoms with Crippen molar-refractivity contribution in [3.05, 3.63) is 101 Å². The van der Waals surface area contributed by atoms with Crippen LogP contribution in [0.5, 0.6) is 0 Å². The fourth-order valence-corrected chi connectivity index (χ4v) is 8.76. The fourth-order valence-electron chi connectivity index (χ4n) is 7.75. The van der Waals surface area contributed by atoms with Gasteiger partial charge in [0.1, 0.15) is 0 Å². The lowest BCUT2D eigenvalue weighted by molar-refractivity contribution is -0.197. The minimum absolute atomic E-state index is 0.0281. The average molecular weight is 795 g/mol. The van der Waals surface area contributed by atoms with E-state index in [4.69, 9.17) is 4.84 Å². The molecule has 0 saturated carbocycles. The van der Waals surface area contributed by atoms with Gasteiger partial charge in [-0.25, -0.2) is 4.79 Å². The molecule has 12 nitrogen and oxygen atoms in total. The van der Waals surface area contributed by atoms with Gasteiger partial charge in [0.05, 0.1) is 9.79 Å². The van der Waals surface area contributed by atoms with E-state index in [0.29, 0.717) is 30.9 Å². The monoisotopic (exact) mass is 794 g/mol. The van der Waals surface area contributed by atoms with Crippen molar-refractivity contribution in [1.29, 1.82) is 0 Å². The standard InChI is InChI=1S/C41H50N2O10S2/c1-6-13-28-17-18-29(40(2,3)33-26-30(54(47,48)49)19-21-32(28)33)14-9-7-10-15-36-41(4,5)34-27-31(55(50,51)52)20-22-35(34)42(36)25-12-8-11-16-39(46)53-43-37(44)23-24-38(43)45/h7,9-10,14-15,18-22,26-28H,6,8,11-13,16-17,23-25H2,1-5H3,(H,47,48,49)(H,50,51,52)/b10-7+,14-9+,36-15+. The van der Waals surface area contributed by atoms with Crippen LogP contribution in [0.1, 0.15) is 115 Å². The lowest BCUT2D eigenvalue weighted by Crippen LogP contribution is -2.32. The molecule has 296 valence electrons. The van der Waals surface area contributed by atoms with E-state index in [1.54, 1.807) is 12.1 Å². The van der Waals surface area contributed by atoms with E-state index in [9.17, 15) is 40.3 Å². The molecule has 2 aromatic carbocycles. The lowest BCUT2D eigenvalue weighted by atomic mass is 9.75. The Morgan fingerprint density at radius 3 is 2.13 bits per heavy atom. The van der Waals surface area contributed by atoms with Crippen molar-refractivity contribution in [1.82, 2.24) is 5.06 Å². The van der Waals surface area contributed by atoms with Crippen LogP contribution in [0.4, 0.5) is 5.69 Å². The van der Waals surface area contributed by atoms with Crippen LogP contribution in [-0.4, -0.2) is 55.3 Å². The molecule has 5 rings (SSSR count). The smallest absolute Gasteiger partial charge is 0.333 e. The molecule has 2 aliphatic heterocycles. The molecule has 55 heavy (non-hydrogen) atoms. The molecular formula is C41H50N2O10S2. The highest BCUT2D eigenvalue weighted by molar-refractivity contribution is 7.86. The van der Waals surface area contributed by atoms with Crippen molar-refractivity contribution in [2.45, 2.75) is 119 Å². The molecule has 0 spiro atoms. The predicted molar refractivity (Wildman–Crippen MR) is 208 cm³/mol. The number of nitrogens with zero attached hydrogens (tertiary/aromatic N) is 2. The third-order valence-corrected chi connectivity index (χ3v) is 12.5. The molecule has 2 amide bonds. The van der Waals surface area contributed by atoms with Crippen LogP contribution in [0.15, 0.2) is 93.9 Å². The van der Waals surface area contributed by atoms with Crippen LogP contribution in [0.3, 0.4) is 0 Å². The number of rotatable bonds is 14. The van der Waals surface area contributed by atoms with E-state index >= 15 is 0 Å². The number of allylic oxidation sites excluding steroid dienone is 8. The number of amides is 2. The summed E-state index contributed by atoms with van der Waals surface area (Å²) >= 11 is 0. The molecule has 1 atom stereocenters. The predicted octanol–water partition coefficient (Wildman–Crippen LogP) is 7.63. The molecule has 0 radical (unpaired) electrons. The van der Waals surface area contributed by atoms with E-state index < -0.39 is 48.8 Å². The van der Waals surface area contributed by atoms with Crippen molar-refractivity contribution in [2.24, 2.45) is 0 Å². The summed E-state index contributed by atoms with van der Waals surface area (Å²) in [5.74, 6) is -1.49. The first-order valence-electron chi connectivity index (χ1n) is 18.6. The van der Waals surface area contributed by atoms with Crippen LogP contribution >= 0.6 is 0 Å². The molecule has 3 aliphatic rings. The zero-order valence-electron chi connectivity index (χ0n) is 31.9. The van der Waals surface area contributed by atoms with Gasteiger partial charge in [0.2, 0.25) is 0 Å². The van der Waals surface area contributed by atoms with E-state index in [2.05, 4.69) is 17.9 Å². The van der Waals surface area contributed by atoms with E-state index in [1.807, 2.05) is 64.1 Å². The molecule has 1 unspecified atom stereocenters. The first kappa shape index (κ1) is 41.8. The molecular weight excluding hydrogens is 745 g/mol. The Hall–Kier alpha value is -4.37. The summed E-state index contributed by atoms with van der Waals surface area (Å²) in [6.07, 6.45) is 16.5. The maximum Gasteiger partial charge on any atom is 0.333 e. The summed E-state index contributed by atoms with van der Waals surface area (Å²) in [6.45, 7) is 10.7. The van der Waals surface area contributed by atoms with Gasteiger partial charge in [0.25, 0.3) is 32.1 Å². The first-order chi connectivity index (χ1) is 25.8. The van der Waals surface area contributed by atoms with Gasteiger partial charge in [-0.05, 0) is 90.3 Å². The summed E-state index contributed by atoms with van der Waals surface area (Å²) in [7, 11) is -8.82. The Morgan fingerprint density at radius 2 is 1.49 bits per heavy atom. The zero-order valence-corrected chi connectivity index (χ0v) is 33.6. The van der Waals surface area contributed by atoms with Gasteiger partial charge < -0.3 is 9.74 Å². The Balaban J connectivity index is 1.35. The van der Waals surface area contributed by atoms with Crippen molar-refractivity contribution in [3.63, 3.8) is 0 Å². The van der Waals surface area contributed by atoms with Crippen LogP contribution in [-0.2, 0) is 50.3 Å². The molecule has 14 heteroatoms. The average Bonchev–Trinajstić information content (AvgIpc) is 3.49. The van der Waals surface area contributed by atoms with Crippen LogP contribution in [0.2, 0.25) is 0 Å². The normalized spacial score (nSPS) is 20.3. The van der Waals surface area contributed by atoms with Gasteiger partial charge in [0.15, 0.2) is 0 Å². The number of unbranched alkanes of at least 4 members (excludes halogenated alkanes) is 2. The second-order valence-corrected chi connectivity index (χ2v) is 18.2. The minimum Gasteiger partial charge on any atom is -0.344 e. The fraction of sp³-hybridized carbons (Fsp3) is 0.439. The van der Waals surface area contributed by atoms with Crippen molar-refractivity contribution < 1.29 is 45.2 Å². The zero-order chi connectivity index (χ0) is 40.3. The Labute approximate surface area is 324 Å². The Bertz CT molecular complexity index is 2180. The van der Waals surface area contributed by atoms with Gasteiger partial charge in [-0.15, -0.1) is 5.06 Å². The van der Waals surface area contributed by atoms with Crippen molar-refractivity contribution >= 4 is 43.7 Å². The topological polar surface area (TPSA) is 176 Å². The second-order valence-electron chi connectivity index (χ2n) is 15.3. The molecule has 2 heterocycles. The summed E-state index contributed by atoms with van der Waals surface area (Å²) in [5.41, 5.74) is 4.17. The maximum atomic E-state index is 12.3. The number of hydrogen-bond acceptors (Lipinski definition) is 9. The van der Waals surface area contributed by atoms with Gasteiger partial charge in [-0.1, -0.05) is 83.9 Å². The number of imide groups is 1. The van der Waals surface area contributed by atoms with E-state index in [-0.39, 0.29) is 35.0 Å². The van der Waals surface area contributed by atoms with Gasteiger partial charge in [0, 0.05) is 48.0 Å². The Kier molecular flexibility index (Phi) is 12.5. The highest BCUT2D eigenvalue weighted by Gasteiger charge is 2.40. The third kappa shape index (κ3) is 9.20. The van der Waals surface area contributed by atoms with E-state index in [0.717, 1.165) is 52.9 Å². The highest BCUT2D eigenvalue weighted by Crippen LogP contribution is 2.49. The molecule has 1 aliphatic carbocycles. The van der Waals surface area contributed by atoms with Gasteiger partial charge >= 0.3 is 5.97 Å². The molecule has 1 fully saturated rings. The number of hydrogen-bond donors (Lipinski definition) is 2. The first-order valence-corrected chi connectivity index (χ1v) is 21.5. The number of carbonyl (C=O) groups excluding carboxylic acids is 3. The van der Waals surface area contributed by atoms with Crippen LogP contribution in [0.25, 0.3) is 0 Å². The van der Waals surface area contributed by atoms with Crippen LogP contribution in [0, 0.1) is 0 Å². The third-order valence-electron chi connectivity index (χ3n) is 10.8. The number of hydroxylamine groups is 2. The molecule has 2 aromatic rings. The van der Waals surface area contributed by atoms with Crippen molar-refractivity contribution in [3.8, 4) is 0 Å². The maximum absolute atomic E-state index is 12.3. The van der Waals surface area contributed by atoms with Gasteiger partial charge in [-0.3, -0.25) is 18.7 Å². The Morgan fingerprint density at radius 1 is 0.855 bits per heavy atom. The number of benzene rings is 2. The number of anilines is 1. The minimum atomic E-state index is -4.44. The molecule has 0 bridgehead atoms. The van der Waals surface area contributed by atoms with Gasteiger partial charge in [-0.2, -0.15) is 16.8 Å². The molecule has 1 saturated heterocycles. The number of fused-ring (bicyclic) bond motifs is 2. The largest absolute Gasteiger partial charge is 0.344 e. The molecule has 2 N–H and O–H groups in total.